The largest absolute Gasteiger partial charge is 0.497 e. The highest BCUT2D eigenvalue weighted by atomic mass is 16.5. The van der Waals surface area contributed by atoms with Crippen LogP contribution in [0.2, 0.25) is 0 Å². The van der Waals surface area contributed by atoms with Crippen LogP contribution in [0.3, 0.4) is 0 Å². The first-order valence-corrected chi connectivity index (χ1v) is 7.39. The second-order valence-electron chi connectivity index (χ2n) is 5.83. The minimum Gasteiger partial charge on any atom is -0.497 e. The summed E-state index contributed by atoms with van der Waals surface area (Å²) >= 11 is 0. The maximum Gasteiger partial charge on any atom is 0.238 e. The second kappa shape index (κ2) is 5.44. The third kappa shape index (κ3) is 2.29. The van der Waals surface area contributed by atoms with Gasteiger partial charge in [-0.15, -0.1) is 0 Å². The Morgan fingerprint density at radius 1 is 1.25 bits per heavy atom. The maximum atomic E-state index is 12.3. The summed E-state index contributed by atoms with van der Waals surface area (Å²) in [7, 11) is 1.67. The number of nitrogens with one attached hydrogen (secondary N) is 1. The first-order valence-electron chi connectivity index (χ1n) is 7.39. The summed E-state index contributed by atoms with van der Waals surface area (Å²) in [4.78, 5) is 14.3. The molecule has 108 valence electrons. The highest BCUT2D eigenvalue weighted by molar-refractivity contribution is 5.81. The number of rotatable bonds is 3. The van der Waals surface area contributed by atoms with Crippen LogP contribution in [0.5, 0.6) is 5.75 Å². The minimum atomic E-state index is 0.0129. The van der Waals surface area contributed by atoms with Gasteiger partial charge >= 0.3 is 0 Å². The summed E-state index contributed by atoms with van der Waals surface area (Å²) in [6, 6.07) is 8.37. The predicted octanol–water partition coefficient (Wildman–Crippen LogP) is 2.31. The van der Waals surface area contributed by atoms with Crippen LogP contribution in [0.25, 0.3) is 0 Å². The van der Waals surface area contributed by atoms with Gasteiger partial charge in [0.2, 0.25) is 5.91 Å². The molecule has 1 aliphatic heterocycles. The van der Waals surface area contributed by atoms with Gasteiger partial charge in [0.1, 0.15) is 11.9 Å². The first-order chi connectivity index (χ1) is 9.70. The van der Waals surface area contributed by atoms with E-state index in [0.717, 1.165) is 17.7 Å². The third-order valence-electron chi connectivity index (χ3n) is 4.62. The van der Waals surface area contributed by atoms with Gasteiger partial charge in [-0.05, 0) is 36.5 Å². The van der Waals surface area contributed by atoms with Crippen LogP contribution in [0, 0.1) is 5.92 Å². The molecule has 1 aliphatic carbocycles. The molecule has 1 aromatic rings. The molecule has 3 rings (SSSR count). The van der Waals surface area contributed by atoms with E-state index < -0.39 is 0 Å². The van der Waals surface area contributed by atoms with Crippen LogP contribution in [0.15, 0.2) is 24.3 Å². The van der Waals surface area contributed by atoms with E-state index in [9.17, 15) is 4.79 Å². The van der Waals surface area contributed by atoms with Gasteiger partial charge in [-0.25, -0.2) is 0 Å². The highest BCUT2D eigenvalue weighted by Gasteiger charge is 2.40. The predicted molar refractivity (Wildman–Crippen MR) is 77.4 cm³/mol. The number of carbonyl (C=O) groups excluding carboxylic acids is 1. The Hall–Kier alpha value is -1.55. The van der Waals surface area contributed by atoms with Crippen molar-refractivity contribution in [2.45, 2.75) is 38.4 Å². The number of ether oxygens (including phenoxy) is 1. The number of methoxy groups -OCH3 is 1. The van der Waals surface area contributed by atoms with Gasteiger partial charge < -0.3 is 9.64 Å². The quantitative estimate of drug-likeness (QED) is 0.919. The summed E-state index contributed by atoms with van der Waals surface area (Å²) in [5, 5.41) is 3.34. The Kier molecular flexibility index (Phi) is 3.66. The molecule has 0 spiro atoms. The molecule has 4 nitrogen and oxygen atoms in total. The summed E-state index contributed by atoms with van der Waals surface area (Å²) < 4.78 is 5.20. The molecule has 4 heteroatoms. The fourth-order valence-corrected chi connectivity index (χ4v) is 3.50. The lowest BCUT2D eigenvalue weighted by atomic mass is 10.0. The van der Waals surface area contributed by atoms with Crippen molar-refractivity contribution >= 4 is 5.91 Å². The van der Waals surface area contributed by atoms with Crippen LogP contribution in [0.4, 0.5) is 0 Å². The van der Waals surface area contributed by atoms with Crippen LogP contribution in [-0.2, 0) is 4.79 Å². The lowest BCUT2D eigenvalue weighted by Gasteiger charge is -2.33. The van der Waals surface area contributed by atoms with E-state index in [4.69, 9.17) is 4.74 Å². The van der Waals surface area contributed by atoms with Crippen molar-refractivity contribution in [3.05, 3.63) is 29.8 Å². The van der Waals surface area contributed by atoms with Gasteiger partial charge in [-0.2, -0.15) is 0 Å². The number of nitrogens with zero attached hydrogens (tertiary/aromatic N) is 1. The van der Waals surface area contributed by atoms with E-state index in [-0.39, 0.29) is 12.1 Å². The molecule has 1 saturated carbocycles. The van der Waals surface area contributed by atoms with Gasteiger partial charge in [0, 0.05) is 6.04 Å². The van der Waals surface area contributed by atoms with E-state index >= 15 is 0 Å². The minimum absolute atomic E-state index is 0.0129. The van der Waals surface area contributed by atoms with Crippen LogP contribution in [-0.4, -0.2) is 30.5 Å². The second-order valence-corrected chi connectivity index (χ2v) is 5.83. The van der Waals surface area contributed by atoms with Crippen molar-refractivity contribution in [1.29, 1.82) is 0 Å². The molecule has 0 aromatic heterocycles. The average molecular weight is 274 g/mol. The summed E-state index contributed by atoms with van der Waals surface area (Å²) in [5.41, 5.74) is 1.13. The lowest BCUT2D eigenvalue weighted by molar-refractivity contribution is -0.131. The molecular weight excluding hydrogens is 252 g/mol. The molecule has 1 saturated heterocycles. The molecule has 0 bridgehead atoms. The van der Waals surface area contributed by atoms with Gasteiger partial charge in [0.25, 0.3) is 0 Å². The summed E-state index contributed by atoms with van der Waals surface area (Å²) in [6.45, 7) is 2.70. The standard InChI is InChI=1S/C16H22N2O2/c1-11-4-3-5-14(11)18-15(19)10-17-16(18)12-6-8-13(20-2)9-7-12/h6-9,11,14,16-17H,3-5,10H2,1-2H3. The number of carbonyl (C=O) groups is 1. The molecule has 1 aromatic carbocycles. The Bertz CT molecular complexity index is 486. The Labute approximate surface area is 120 Å². The molecule has 1 amide bonds. The SMILES string of the molecule is COc1ccc(C2NCC(=O)N2C2CCCC2C)cc1. The van der Waals surface area contributed by atoms with Crippen molar-refractivity contribution in [2.24, 2.45) is 5.92 Å². The van der Waals surface area contributed by atoms with Crippen LogP contribution >= 0.6 is 0 Å². The van der Waals surface area contributed by atoms with Crippen molar-refractivity contribution in [2.75, 3.05) is 13.7 Å². The molecule has 1 heterocycles. The monoisotopic (exact) mass is 274 g/mol. The third-order valence-corrected chi connectivity index (χ3v) is 4.62. The number of hydrogen-bond donors (Lipinski definition) is 1. The number of hydrogen-bond acceptors (Lipinski definition) is 3. The molecule has 2 fully saturated rings. The van der Waals surface area contributed by atoms with Crippen molar-refractivity contribution in [1.82, 2.24) is 10.2 Å². The van der Waals surface area contributed by atoms with E-state index in [0.29, 0.717) is 18.5 Å². The highest BCUT2D eigenvalue weighted by Crippen LogP contribution is 2.36. The van der Waals surface area contributed by atoms with Crippen molar-refractivity contribution < 1.29 is 9.53 Å². The van der Waals surface area contributed by atoms with Crippen LogP contribution in [0.1, 0.15) is 37.9 Å². The normalized spacial score (nSPS) is 30.0. The summed E-state index contributed by atoms with van der Waals surface area (Å²) in [6.07, 6.45) is 3.59. The van der Waals surface area contributed by atoms with E-state index in [1.807, 2.05) is 24.3 Å². The van der Waals surface area contributed by atoms with Gasteiger partial charge in [-0.1, -0.05) is 25.5 Å². The van der Waals surface area contributed by atoms with Crippen molar-refractivity contribution in [3.8, 4) is 5.75 Å². The van der Waals surface area contributed by atoms with E-state index in [1.165, 1.54) is 12.8 Å². The van der Waals surface area contributed by atoms with Gasteiger partial charge in [0.15, 0.2) is 0 Å². The first kappa shape index (κ1) is 13.4. The summed E-state index contributed by atoms with van der Waals surface area (Å²) in [5.74, 6) is 1.67. The zero-order valence-electron chi connectivity index (χ0n) is 12.1. The molecule has 3 unspecified atom stereocenters. The fourth-order valence-electron chi connectivity index (χ4n) is 3.50. The van der Waals surface area contributed by atoms with Crippen LogP contribution < -0.4 is 10.1 Å². The zero-order chi connectivity index (χ0) is 14.1. The molecule has 3 atom stereocenters. The zero-order valence-corrected chi connectivity index (χ0v) is 12.1. The van der Waals surface area contributed by atoms with Gasteiger partial charge in [-0.3, -0.25) is 10.1 Å². The van der Waals surface area contributed by atoms with E-state index in [2.05, 4.69) is 17.1 Å². The Morgan fingerprint density at radius 3 is 2.60 bits per heavy atom. The fraction of sp³-hybridized carbons (Fsp3) is 0.562. The van der Waals surface area contributed by atoms with Crippen molar-refractivity contribution in [3.63, 3.8) is 0 Å². The maximum absolute atomic E-state index is 12.3. The van der Waals surface area contributed by atoms with Gasteiger partial charge in [0.05, 0.1) is 13.7 Å². The average Bonchev–Trinajstić information content (AvgIpc) is 3.04. The number of benzene rings is 1. The molecule has 20 heavy (non-hydrogen) atoms. The topological polar surface area (TPSA) is 41.6 Å². The smallest absolute Gasteiger partial charge is 0.238 e. The molecule has 1 N–H and O–H groups in total. The lowest BCUT2D eigenvalue weighted by Crippen LogP contribution is -2.41. The Balaban J connectivity index is 1.85. The molecular formula is C16H22N2O2. The number of amides is 1. The molecule has 2 aliphatic rings. The van der Waals surface area contributed by atoms with E-state index in [1.54, 1.807) is 7.11 Å². The molecule has 0 radical (unpaired) electrons. The Morgan fingerprint density at radius 2 is 2.00 bits per heavy atom.